The van der Waals surface area contributed by atoms with Crippen LogP contribution in [0.3, 0.4) is 0 Å². The van der Waals surface area contributed by atoms with E-state index in [1.54, 1.807) is 6.20 Å². The molecule has 4 heteroatoms. The summed E-state index contributed by atoms with van der Waals surface area (Å²) in [6.45, 7) is 1.86. The summed E-state index contributed by atoms with van der Waals surface area (Å²) >= 11 is 0. The van der Waals surface area contributed by atoms with Gasteiger partial charge in [0.05, 0.1) is 5.52 Å². The summed E-state index contributed by atoms with van der Waals surface area (Å²) in [5.74, 6) is -1.14. The van der Waals surface area contributed by atoms with E-state index in [1.807, 2.05) is 37.3 Å². The van der Waals surface area contributed by atoms with E-state index in [9.17, 15) is 8.78 Å². The van der Waals surface area contributed by atoms with Gasteiger partial charge in [0.2, 0.25) is 0 Å². The Balaban J connectivity index is 1.94. The summed E-state index contributed by atoms with van der Waals surface area (Å²) in [7, 11) is 0. The van der Waals surface area contributed by atoms with Crippen molar-refractivity contribution in [2.24, 2.45) is 0 Å². The van der Waals surface area contributed by atoms with Gasteiger partial charge in [0.25, 0.3) is 0 Å². The quantitative estimate of drug-likeness (QED) is 0.755. The van der Waals surface area contributed by atoms with E-state index >= 15 is 0 Å². The Morgan fingerprint density at radius 1 is 1.00 bits per heavy atom. The van der Waals surface area contributed by atoms with Gasteiger partial charge in [0, 0.05) is 29.4 Å². The van der Waals surface area contributed by atoms with Crippen LogP contribution in [0, 0.1) is 11.6 Å². The molecule has 0 saturated carbocycles. The Kier molecular flexibility index (Phi) is 3.52. The summed E-state index contributed by atoms with van der Waals surface area (Å²) in [4.78, 5) is 4.29. The summed E-state index contributed by atoms with van der Waals surface area (Å²) in [5, 5.41) is 4.26. The number of benzene rings is 2. The van der Waals surface area contributed by atoms with Crippen molar-refractivity contribution in [1.82, 2.24) is 4.98 Å². The maximum atomic E-state index is 13.3. The van der Waals surface area contributed by atoms with E-state index < -0.39 is 11.6 Å². The normalized spacial score (nSPS) is 12.3. The van der Waals surface area contributed by atoms with Crippen LogP contribution in [0.4, 0.5) is 14.5 Å². The van der Waals surface area contributed by atoms with Gasteiger partial charge in [-0.3, -0.25) is 4.98 Å². The first-order chi connectivity index (χ1) is 10.1. The highest BCUT2D eigenvalue weighted by molar-refractivity contribution is 5.91. The molecule has 0 spiro atoms. The molecule has 3 aromatic rings. The van der Waals surface area contributed by atoms with Crippen LogP contribution in [0.25, 0.3) is 10.9 Å². The van der Waals surface area contributed by atoms with Gasteiger partial charge < -0.3 is 5.32 Å². The largest absolute Gasteiger partial charge is 0.378 e. The lowest BCUT2D eigenvalue weighted by Gasteiger charge is -2.17. The first-order valence-corrected chi connectivity index (χ1v) is 6.70. The van der Waals surface area contributed by atoms with Crippen molar-refractivity contribution in [3.05, 3.63) is 71.9 Å². The molecule has 21 heavy (non-hydrogen) atoms. The predicted octanol–water partition coefficient (Wildman–Crippen LogP) is 4.69. The number of rotatable bonds is 3. The molecule has 1 heterocycles. The fourth-order valence-corrected chi connectivity index (χ4v) is 2.37. The third kappa shape index (κ3) is 2.84. The Hall–Kier alpha value is -2.49. The number of hydrogen-bond acceptors (Lipinski definition) is 2. The molecule has 0 aliphatic heterocycles. The second-order valence-electron chi connectivity index (χ2n) is 4.94. The highest BCUT2D eigenvalue weighted by atomic mass is 19.1. The zero-order chi connectivity index (χ0) is 14.8. The molecule has 0 saturated heterocycles. The van der Waals surface area contributed by atoms with Crippen molar-refractivity contribution in [3.63, 3.8) is 0 Å². The highest BCUT2D eigenvalue weighted by Crippen LogP contribution is 2.26. The van der Waals surface area contributed by atoms with Crippen LogP contribution in [-0.2, 0) is 0 Å². The van der Waals surface area contributed by atoms with Gasteiger partial charge in [-0.1, -0.05) is 6.07 Å². The van der Waals surface area contributed by atoms with Crippen LogP contribution in [0.2, 0.25) is 0 Å². The molecule has 1 unspecified atom stereocenters. The van der Waals surface area contributed by atoms with E-state index in [0.717, 1.165) is 22.7 Å². The van der Waals surface area contributed by atoms with E-state index in [4.69, 9.17) is 0 Å². The molecule has 0 aliphatic rings. The highest BCUT2D eigenvalue weighted by Gasteiger charge is 2.10. The van der Waals surface area contributed by atoms with Crippen molar-refractivity contribution >= 4 is 16.6 Å². The molecule has 3 rings (SSSR count). The molecule has 1 aromatic heterocycles. The number of pyridine rings is 1. The van der Waals surface area contributed by atoms with E-state index in [2.05, 4.69) is 10.3 Å². The van der Waals surface area contributed by atoms with Crippen LogP contribution in [0.1, 0.15) is 18.5 Å². The Morgan fingerprint density at radius 2 is 1.76 bits per heavy atom. The van der Waals surface area contributed by atoms with Gasteiger partial charge in [0.15, 0.2) is 0 Å². The standard InChI is InChI=1S/C17H14F2N2/c1-11(12-8-13(18)10-14(19)9-12)21-17-6-2-5-16-15(17)4-3-7-20-16/h2-11,21H,1H3. The molecule has 106 valence electrons. The average molecular weight is 284 g/mol. The summed E-state index contributed by atoms with van der Waals surface area (Å²) in [6, 6.07) is 12.9. The number of hydrogen-bond donors (Lipinski definition) is 1. The fraction of sp³-hybridized carbons (Fsp3) is 0.118. The van der Waals surface area contributed by atoms with Crippen LogP contribution in [0.15, 0.2) is 54.7 Å². The number of aromatic nitrogens is 1. The zero-order valence-electron chi connectivity index (χ0n) is 11.5. The third-order valence-electron chi connectivity index (χ3n) is 3.40. The maximum Gasteiger partial charge on any atom is 0.126 e. The average Bonchev–Trinajstić information content (AvgIpc) is 2.46. The molecular weight excluding hydrogens is 270 g/mol. The number of nitrogens with zero attached hydrogens (tertiary/aromatic N) is 1. The number of fused-ring (bicyclic) bond motifs is 1. The van der Waals surface area contributed by atoms with E-state index in [1.165, 1.54) is 12.1 Å². The number of anilines is 1. The van der Waals surface area contributed by atoms with Crippen molar-refractivity contribution in [1.29, 1.82) is 0 Å². The van der Waals surface area contributed by atoms with Gasteiger partial charge in [-0.05, 0) is 48.9 Å². The first-order valence-electron chi connectivity index (χ1n) is 6.70. The molecular formula is C17H14F2N2. The second kappa shape index (κ2) is 5.48. The smallest absolute Gasteiger partial charge is 0.126 e. The molecule has 2 aromatic carbocycles. The topological polar surface area (TPSA) is 24.9 Å². The molecule has 0 aliphatic carbocycles. The maximum absolute atomic E-state index is 13.3. The minimum atomic E-state index is -0.571. The van der Waals surface area contributed by atoms with Crippen LogP contribution in [-0.4, -0.2) is 4.98 Å². The second-order valence-corrected chi connectivity index (χ2v) is 4.94. The van der Waals surface area contributed by atoms with Crippen molar-refractivity contribution in [2.45, 2.75) is 13.0 Å². The summed E-state index contributed by atoms with van der Waals surface area (Å²) in [5.41, 5.74) is 2.33. The van der Waals surface area contributed by atoms with Crippen molar-refractivity contribution < 1.29 is 8.78 Å². The van der Waals surface area contributed by atoms with Crippen molar-refractivity contribution in [3.8, 4) is 0 Å². The molecule has 0 bridgehead atoms. The minimum absolute atomic E-state index is 0.221. The number of nitrogens with one attached hydrogen (secondary N) is 1. The molecule has 1 atom stereocenters. The zero-order valence-corrected chi connectivity index (χ0v) is 11.5. The van der Waals surface area contributed by atoms with E-state index in [-0.39, 0.29) is 6.04 Å². The SMILES string of the molecule is CC(Nc1cccc2ncccc12)c1cc(F)cc(F)c1. The predicted molar refractivity (Wildman–Crippen MR) is 80.1 cm³/mol. The first kappa shape index (κ1) is 13.5. The third-order valence-corrected chi connectivity index (χ3v) is 3.40. The summed E-state index contributed by atoms with van der Waals surface area (Å²) < 4.78 is 26.6. The monoisotopic (exact) mass is 284 g/mol. The van der Waals surface area contributed by atoms with Gasteiger partial charge >= 0.3 is 0 Å². The number of halogens is 2. The molecule has 1 N–H and O–H groups in total. The molecule has 0 amide bonds. The lowest BCUT2D eigenvalue weighted by Crippen LogP contribution is -2.07. The Bertz CT molecular complexity index is 761. The Labute approximate surface area is 121 Å². The molecule has 2 nitrogen and oxygen atoms in total. The van der Waals surface area contributed by atoms with Crippen LogP contribution < -0.4 is 5.32 Å². The molecule has 0 fully saturated rings. The van der Waals surface area contributed by atoms with Gasteiger partial charge in [-0.2, -0.15) is 0 Å². The van der Waals surface area contributed by atoms with Gasteiger partial charge in [0.1, 0.15) is 11.6 Å². The summed E-state index contributed by atoms with van der Waals surface area (Å²) in [6.07, 6.45) is 1.73. The van der Waals surface area contributed by atoms with Gasteiger partial charge in [-0.25, -0.2) is 8.78 Å². The lowest BCUT2D eigenvalue weighted by atomic mass is 10.1. The molecule has 0 radical (unpaired) electrons. The van der Waals surface area contributed by atoms with Gasteiger partial charge in [-0.15, -0.1) is 0 Å². The Morgan fingerprint density at radius 3 is 2.52 bits per heavy atom. The minimum Gasteiger partial charge on any atom is -0.378 e. The lowest BCUT2D eigenvalue weighted by molar-refractivity contribution is 0.577. The van der Waals surface area contributed by atoms with E-state index in [0.29, 0.717) is 5.56 Å². The fourth-order valence-electron chi connectivity index (χ4n) is 2.37. The van der Waals surface area contributed by atoms with Crippen molar-refractivity contribution in [2.75, 3.05) is 5.32 Å². The van der Waals surface area contributed by atoms with Crippen LogP contribution in [0.5, 0.6) is 0 Å². The van der Waals surface area contributed by atoms with Crippen LogP contribution >= 0.6 is 0 Å².